The van der Waals surface area contributed by atoms with E-state index in [1.54, 1.807) is 21.6 Å². The van der Waals surface area contributed by atoms with Crippen LogP contribution in [-0.4, -0.2) is 34.3 Å². The Hall–Kier alpha value is -1.34. The summed E-state index contributed by atoms with van der Waals surface area (Å²) in [4.78, 5) is 14.7. The third-order valence-corrected chi connectivity index (χ3v) is 7.78. The highest BCUT2D eigenvalue weighted by Gasteiger charge is 2.26. The number of rotatable bonds is 6. The van der Waals surface area contributed by atoms with Gasteiger partial charge in [-0.15, -0.1) is 0 Å². The van der Waals surface area contributed by atoms with Crippen molar-refractivity contribution in [2.45, 2.75) is 37.0 Å². The van der Waals surface area contributed by atoms with Crippen LogP contribution in [0.1, 0.15) is 23.5 Å². The van der Waals surface area contributed by atoms with Gasteiger partial charge in [0.25, 0.3) is 0 Å². The van der Waals surface area contributed by atoms with Gasteiger partial charge in [0.2, 0.25) is 0 Å². The number of carbonyl (C=O) groups is 1. The van der Waals surface area contributed by atoms with E-state index in [4.69, 9.17) is 16.0 Å². The van der Waals surface area contributed by atoms with Gasteiger partial charge in [-0.05, 0) is 43.5 Å². The van der Waals surface area contributed by atoms with Crippen LogP contribution >= 0.6 is 33.2 Å². The Labute approximate surface area is 172 Å². The van der Waals surface area contributed by atoms with Crippen molar-refractivity contribution in [1.29, 1.82) is 0 Å². The van der Waals surface area contributed by atoms with Crippen molar-refractivity contribution in [3.05, 3.63) is 64.1 Å². The number of likely N-dealkylation sites (tertiary alicyclic amines) is 1. The van der Waals surface area contributed by atoms with Crippen LogP contribution in [0.25, 0.3) is 0 Å². The highest BCUT2D eigenvalue weighted by atomic mass is 35.5. The molecule has 1 aromatic carbocycles. The van der Waals surface area contributed by atoms with Crippen LogP contribution in [0.3, 0.4) is 0 Å². The first-order valence-electron chi connectivity index (χ1n) is 8.72. The number of hydrogen-bond donors (Lipinski definition) is 1. The molecule has 4 nitrogen and oxygen atoms in total. The SMILES string of the molecule is Cc1cc(SSC2CCN(Cc3ccccc3Cl)C/C2=C/C(=O)O)c(C)o1. The first-order chi connectivity index (χ1) is 12.9. The summed E-state index contributed by atoms with van der Waals surface area (Å²) in [5, 5.41) is 10.2. The van der Waals surface area contributed by atoms with Gasteiger partial charge in [-0.25, -0.2) is 4.79 Å². The molecule has 1 saturated heterocycles. The largest absolute Gasteiger partial charge is 0.478 e. The van der Waals surface area contributed by atoms with Crippen LogP contribution in [0, 0.1) is 13.8 Å². The molecule has 0 spiro atoms. The Bertz CT molecular complexity index is 850. The molecule has 0 radical (unpaired) electrons. The molecule has 2 aromatic rings. The lowest BCUT2D eigenvalue weighted by molar-refractivity contribution is -0.131. The number of piperidine rings is 1. The van der Waals surface area contributed by atoms with Gasteiger partial charge in [0, 0.05) is 36.0 Å². The molecule has 1 aliphatic heterocycles. The number of benzene rings is 1. The third-order valence-electron chi connectivity index (χ3n) is 4.44. The Kier molecular flexibility index (Phi) is 6.98. The predicted octanol–water partition coefficient (Wildman–Crippen LogP) is 5.58. The highest BCUT2D eigenvalue weighted by Crippen LogP contribution is 2.42. The second kappa shape index (κ2) is 9.24. The van der Waals surface area contributed by atoms with Gasteiger partial charge >= 0.3 is 5.97 Å². The molecule has 1 N–H and O–H groups in total. The third kappa shape index (κ3) is 5.57. The van der Waals surface area contributed by atoms with Gasteiger partial charge in [0.1, 0.15) is 11.5 Å². The number of carboxylic acid groups (broad SMARTS) is 1. The fourth-order valence-corrected chi connectivity index (χ4v) is 6.21. The number of furan rings is 1. The van der Waals surface area contributed by atoms with E-state index in [2.05, 4.69) is 4.90 Å². The van der Waals surface area contributed by atoms with Gasteiger partial charge < -0.3 is 9.52 Å². The normalized spacial score (nSPS) is 19.5. The Balaban J connectivity index is 1.67. The number of carboxylic acids is 1. The van der Waals surface area contributed by atoms with Crippen LogP contribution in [0.4, 0.5) is 0 Å². The first-order valence-corrected chi connectivity index (χ1v) is 11.3. The molecule has 1 atom stereocenters. The van der Waals surface area contributed by atoms with Crippen molar-refractivity contribution in [2.75, 3.05) is 13.1 Å². The minimum Gasteiger partial charge on any atom is -0.478 e. The van der Waals surface area contributed by atoms with Crippen molar-refractivity contribution in [3.63, 3.8) is 0 Å². The van der Waals surface area contributed by atoms with E-state index >= 15 is 0 Å². The number of nitrogens with zero attached hydrogens (tertiary/aromatic N) is 1. The van der Waals surface area contributed by atoms with E-state index in [0.29, 0.717) is 6.54 Å². The molecule has 144 valence electrons. The summed E-state index contributed by atoms with van der Waals surface area (Å²) in [6.45, 7) is 6.16. The van der Waals surface area contributed by atoms with Crippen LogP contribution in [0.15, 0.2) is 51.3 Å². The Morgan fingerprint density at radius 1 is 1.41 bits per heavy atom. The molecule has 0 bridgehead atoms. The van der Waals surface area contributed by atoms with Crippen molar-refractivity contribution >= 4 is 39.2 Å². The summed E-state index contributed by atoms with van der Waals surface area (Å²) in [6.07, 6.45) is 2.27. The number of aliphatic carboxylic acids is 1. The van der Waals surface area contributed by atoms with Gasteiger partial charge in [-0.2, -0.15) is 0 Å². The lowest BCUT2D eigenvalue weighted by Crippen LogP contribution is -2.36. The van der Waals surface area contributed by atoms with Gasteiger partial charge in [0.05, 0.1) is 4.90 Å². The zero-order valence-electron chi connectivity index (χ0n) is 15.3. The van der Waals surface area contributed by atoms with E-state index in [-0.39, 0.29) is 5.25 Å². The van der Waals surface area contributed by atoms with Crippen molar-refractivity contribution < 1.29 is 14.3 Å². The van der Waals surface area contributed by atoms with Crippen molar-refractivity contribution in [2.24, 2.45) is 0 Å². The minimum absolute atomic E-state index is 0.170. The zero-order chi connectivity index (χ0) is 19.4. The van der Waals surface area contributed by atoms with Crippen LogP contribution in [0.5, 0.6) is 0 Å². The number of halogens is 1. The molecule has 7 heteroatoms. The second-order valence-corrected chi connectivity index (χ2v) is 9.45. The number of hydrogen-bond acceptors (Lipinski definition) is 5. The smallest absolute Gasteiger partial charge is 0.328 e. The van der Waals surface area contributed by atoms with Crippen LogP contribution in [-0.2, 0) is 11.3 Å². The maximum Gasteiger partial charge on any atom is 0.328 e. The van der Waals surface area contributed by atoms with Crippen molar-refractivity contribution in [1.82, 2.24) is 4.90 Å². The van der Waals surface area contributed by atoms with Gasteiger partial charge in [0.15, 0.2) is 0 Å². The fraction of sp³-hybridized carbons (Fsp3) is 0.350. The average Bonchev–Trinajstić information content (AvgIpc) is 2.93. The summed E-state index contributed by atoms with van der Waals surface area (Å²) in [6, 6.07) is 9.83. The molecular formula is C20H22ClNO3S2. The molecule has 0 aliphatic carbocycles. The zero-order valence-corrected chi connectivity index (χ0v) is 17.7. The van der Waals surface area contributed by atoms with E-state index in [1.165, 1.54) is 6.08 Å². The molecule has 27 heavy (non-hydrogen) atoms. The molecule has 1 aromatic heterocycles. The summed E-state index contributed by atoms with van der Waals surface area (Å²) in [7, 11) is 3.37. The van der Waals surface area contributed by atoms with Crippen LogP contribution < -0.4 is 0 Å². The predicted molar refractivity (Wildman–Crippen MR) is 112 cm³/mol. The van der Waals surface area contributed by atoms with Gasteiger partial charge in [-0.1, -0.05) is 51.4 Å². The highest BCUT2D eigenvalue weighted by molar-refractivity contribution is 8.77. The lowest BCUT2D eigenvalue weighted by atomic mass is 10.0. The number of aryl methyl sites for hydroxylation is 2. The molecule has 0 amide bonds. The average molecular weight is 424 g/mol. The molecule has 1 aliphatic rings. The molecular weight excluding hydrogens is 402 g/mol. The standard InChI is InChI=1S/C20H22ClNO3S2/c1-13-9-19(14(2)25-13)27-26-18-7-8-22(12-16(18)10-20(23)24)11-15-5-3-4-6-17(15)21/h3-6,9-10,18H,7-8,11-12H2,1-2H3,(H,23,24)/b16-10-. The van der Waals surface area contributed by atoms with E-state index < -0.39 is 5.97 Å². The summed E-state index contributed by atoms with van der Waals surface area (Å²) in [5.74, 6) is 0.909. The molecule has 3 rings (SSSR count). The summed E-state index contributed by atoms with van der Waals surface area (Å²) < 4.78 is 5.58. The molecule has 2 heterocycles. The van der Waals surface area contributed by atoms with Crippen LogP contribution in [0.2, 0.25) is 5.02 Å². The second-order valence-electron chi connectivity index (χ2n) is 6.59. The summed E-state index contributed by atoms with van der Waals surface area (Å²) in [5.41, 5.74) is 2.01. The first kappa shape index (κ1) is 20.4. The molecule has 1 fully saturated rings. The Morgan fingerprint density at radius 2 is 2.19 bits per heavy atom. The van der Waals surface area contributed by atoms with E-state index in [1.807, 2.05) is 44.2 Å². The van der Waals surface area contributed by atoms with Gasteiger partial charge in [-0.3, -0.25) is 4.90 Å². The molecule has 1 unspecified atom stereocenters. The lowest BCUT2D eigenvalue weighted by Gasteiger charge is -2.33. The van der Waals surface area contributed by atoms with E-state index in [0.717, 1.165) is 52.1 Å². The minimum atomic E-state index is -0.893. The molecule has 0 saturated carbocycles. The maximum atomic E-state index is 11.3. The van der Waals surface area contributed by atoms with Crippen molar-refractivity contribution in [3.8, 4) is 0 Å². The van der Waals surface area contributed by atoms with E-state index in [9.17, 15) is 9.90 Å². The monoisotopic (exact) mass is 423 g/mol. The Morgan fingerprint density at radius 3 is 2.85 bits per heavy atom. The maximum absolute atomic E-state index is 11.3. The quantitative estimate of drug-likeness (QED) is 0.483. The fourth-order valence-electron chi connectivity index (χ4n) is 3.13. The topological polar surface area (TPSA) is 53.7 Å². The summed E-state index contributed by atoms with van der Waals surface area (Å²) >= 11 is 6.28.